The Hall–Kier alpha value is -1.37. The maximum Gasteiger partial charge on any atom is 0.0658 e. The Kier molecular flexibility index (Phi) is 2.81. The predicted molar refractivity (Wildman–Crippen MR) is 52.7 cm³/mol. The van der Waals surface area contributed by atoms with Crippen LogP contribution in [0.1, 0.15) is 19.5 Å². The summed E-state index contributed by atoms with van der Waals surface area (Å²) in [5, 5.41) is 0. The van der Waals surface area contributed by atoms with Crippen LogP contribution >= 0.6 is 0 Å². The summed E-state index contributed by atoms with van der Waals surface area (Å²) in [6, 6.07) is 5.89. The van der Waals surface area contributed by atoms with Gasteiger partial charge in [-0.05, 0) is 31.6 Å². The first kappa shape index (κ1) is 8.72. The van der Waals surface area contributed by atoms with E-state index in [0.717, 1.165) is 16.8 Å². The van der Waals surface area contributed by atoms with Gasteiger partial charge in [0.05, 0.1) is 5.69 Å². The molecule has 0 N–H and O–H groups in total. The van der Waals surface area contributed by atoms with Crippen molar-refractivity contribution < 1.29 is 0 Å². The third-order valence-electron chi connectivity index (χ3n) is 1.53. The molecule has 0 radical (unpaired) electrons. The first-order valence-corrected chi connectivity index (χ1v) is 3.95. The average molecular weight is 159 g/mol. The molecule has 1 rings (SSSR count). The third-order valence-corrected chi connectivity index (χ3v) is 1.53. The van der Waals surface area contributed by atoms with E-state index in [9.17, 15) is 0 Å². The number of hydrogen-bond donors (Lipinski definition) is 0. The van der Waals surface area contributed by atoms with E-state index in [4.69, 9.17) is 0 Å². The Balaban J connectivity index is 2.93. The molecule has 0 fully saturated rings. The van der Waals surface area contributed by atoms with Gasteiger partial charge in [0, 0.05) is 6.20 Å². The molecular formula is C11H13N. The van der Waals surface area contributed by atoms with Crippen LogP contribution in [0.2, 0.25) is 0 Å². The zero-order chi connectivity index (χ0) is 8.97. The average Bonchev–Trinajstić information content (AvgIpc) is 2.05. The van der Waals surface area contributed by atoms with Gasteiger partial charge in [0.2, 0.25) is 0 Å². The highest BCUT2D eigenvalue weighted by atomic mass is 14.7. The molecule has 0 aromatic carbocycles. The van der Waals surface area contributed by atoms with Crippen molar-refractivity contribution in [3.63, 3.8) is 0 Å². The Morgan fingerprint density at radius 1 is 1.42 bits per heavy atom. The molecule has 0 saturated heterocycles. The van der Waals surface area contributed by atoms with Gasteiger partial charge in [-0.1, -0.05) is 24.3 Å². The molecule has 0 spiro atoms. The summed E-state index contributed by atoms with van der Waals surface area (Å²) in [6.07, 6.45) is 3.83. The minimum Gasteiger partial charge on any atom is -0.257 e. The van der Waals surface area contributed by atoms with E-state index in [2.05, 4.69) is 11.6 Å². The van der Waals surface area contributed by atoms with Crippen LogP contribution in [0.5, 0.6) is 0 Å². The van der Waals surface area contributed by atoms with Crippen molar-refractivity contribution in [2.45, 2.75) is 13.8 Å². The molecule has 1 nitrogen and oxygen atoms in total. The molecule has 1 aromatic rings. The van der Waals surface area contributed by atoms with Gasteiger partial charge in [-0.3, -0.25) is 4.98 Å². The van der Waals surface area contributed by atoms with Crippen LogP contribution in [0.3, 0.4) is 0 Å². The summed E-state index contributed by atoms with van der Waals surface area (Å²) in [6.45, 7) is 7.83. The molecule has 0 bridgehead atoms. The Bertz CT molecular complexity index is 296. The molecule has 0 amide bonds. The molecule has 0 aliphatic heterocycles. The summed E-state index contributed by atoms with van der Waals surface area (Å²) < 4.78 is 0. The van der Waals surface area contributed by atoms with Crippen molar-refractivity contribution in [1.82, 2.24) is 4.98 Å². The second-order valence-corrected chi connectivity index (χ2v) is 2.89. The van der Waals surface area contributed by atoms with Gasteiger partial charge < -0.3 is 0 Å². The van der Waals surface area contributed by atoms with Crippen LogP contribution < -0.4 is 0 Å². The lowest BCUT2D eigenvalue weighted by molar-refractivity contribution is 1.26. The van der Waals surface area contributed by atoms with Gasteiger partial charge in [0.25, 0.3) is 0 Å². The third kappa shape index (κ3) is 2.35. The lowest BCUT2D eigenvalue weighted by Gasteiger charge is -1.98. The number of pyridine rings is 1. The fourth-order valence-electron chi connectivity index (χ4n) is 1.04. The summed E-state index contributed by atoms with van der Waals surface area (Å²) in [7, 11) is 0. The number of nitrogens with zero attached hydrogens (tertiary/aromatic N) is 1. The quantitative estimate of drug-likeness (QED) is 0.604. The second kappa shape index (κ2) is 3.86. The minimum atomic E-state index is 1.01. The van der Waals surface area contributed by atoms with E-state index < -0.39 is 0 Å². The standard InChI is InChI=1S/C11H13N/c1-9(2)8-10(3)11-6-4-5-7-12-11/h4-8H,1H2,2-3H3/b10-8+. The van der Waals surface area contributed by atoms with Gasteiger partial charge in [-0.2, -0.15) is 0 Å². The van der Waals surface area contributed by atoms with Crippen LogP contribution in [0, 0.1) is 0 Å². The van der Waals surface area contributed by atoms with E-state index >= 15 is 0 Å². The zero-order valence-electron chi connectivity index (χ0n) is 7.54. The van der Waals surface area contributed by atoms with Crippen molar-refractivity contribution in [2.24, 2.45) is 0 Å². The summed E-state index contributed by atoms with van der Waals surface area (Å²) in [4.78, 5) is 4.22. The molecule has 0 aliphatic carbocycles. The Morgan fingerprint density at radius 3 is 2.67 bits per heavy atom. The van der Waals surface area contributed by atoms with Gasteiger partial charge >= 0.3 is 0 Å². The van der Waals surface area contributed by atoms with E-state index in [0.29, 0.717) is 0 Å². The number of allylic oxidation sites excluding steroid dienone is 3. The molecule has 12 heavy (non-hydrogen) atoms. The molecule has 1 heteroatoms. The van der Waals surface area contributed by atoms with Gasteiger partial charge in [0.1, 0.15) is 0 Å². The predicted octanol–water partition coefficient (Wildman–Crippen LogP) is 3.06. The number of hydrogen-bond acceptors (Lipinski definition) is 1. The van der Waals surface area contributed by atoms with Gasteiger partial charge in [-0.15, -0.1) is 0 Å². The van der Waals surface area contributed by atoms with E-state index in [1.54, 1.807) is 6.20 Å². The SMILES string of the molecule is C=C(C)/C=C(\C)c1ccccn1. The van der Waals surface area contributed by atoms with E-state index in [1.165, 1.54) is 0 Å². The van der Waals surface area contributed by atoms with Crippen LogP contribution in [-0.2, 0) is 0 Å². The first-order chi connectivity index (χ1) is 5.70. The molecule has 62 valence electrons. The Labute approximate surface area is 73.5 Å². The van der Waals surface area contributed by atoms with E-state index in [1.807, 2.05) is 38.1 Å². The van der Waals surface area contributed by atoms with Crippen LogP contribution in [0.15, 0.2) is 42.6 Å². The first-order valence-electron chi connectivity index (χ1n) is 3.95. The van der Waals surface area contributed by atoms with Crippen molar-refractivity contribution in [2.75, 3.05) is 0 Å². The molecule has 0 saturated carbocycles. The van der Waals surface area contributed by atoms with Gasteiger partial charge in [-0.25, -0.2) is 0 Å². The highest BCUT2D eigenvalue weighted by molar-refractivity contribution is 5.62. The topological polar surface area (TPSA) is 12.9 Å². The number of rotatable bonds is 2. The van der Waals surface area contributed by atoms with Crippen molar-refractivity contribution in [3.05, 3.63) is 48.3 Å². The summed E-state index contributed by atoms with van der Waals surface area (Å²) >= 11 is 0. The zero-order valence-corrected chi connectivity index (χ0v) is 7.54. The fourth-order valence-corrected chi connectivity index (χ4v) is 1.04. The second-order valence-electron chi connectivity index (χ2n) is 2.89. The maximum absolute atomic E-state index is 4.22. The minimum absolute atomic E-state index is 1.01. The van der Waals surface area contributed by atoms with Gasteiger partial charge in [0.15, 0.2) is 0 Å². The van der Waals surface area contributed by atoms with Crippen LogP contribution in [0.4, 0.5) is 0 Å². The molecule has 1 heterocycles. The largest absolute Gasteiger partial charge is 0.257 e. The fraction of sp³-hybridized carbons (Fsp3) is 0.182. The van der Waals surface area contributed by atoms with Crippen molar-refractivity contribution in [3.8, 4) is 0 Å². The molecular weight excluding hydrogens is 146 g/mol. The summed E-state index contributed by atoms with van der Waals surface area (Å²) in [5.74, 6) is 0. The highest BCUT2D eigenvalue weighted by Gasteiger charge is 1.93. The monoisotopic (exact) mass is 159 g/mol. The lowest BCUT2D eigenvalue weighted by Crippen LogP contribution is -1.83. The van der Waals surface area contributed by atoms with Crippen LogP contribution in [-0.4, -0.2) is 4.98 Å². The van der Waals surface area contributed by atoms with Crippen molar-refractivity contribution >= 4 is 5.57 Å². The normalized spacial score (nSPS) is 11.3. The summed E-state index contributed by atoms with van der Waals surface area (Å²) in [5.41, 5.74) is 3.22. The smallest absolute Gasteiger partial charge is 0.0658 e. The molecule has 0 aliphatic rings. The maximum atomic E-state index is 4.22. The molecule has 0 atom stereocenters. The van der Waals surface area contributed by atoms with E-state index in [-0.39, 0.29) is 0 Å². The number of aromatic nitrogens is 1. The molecule has 1 aromatic heterocycles. The molecule has 0 unspecified atom stereocenters. The lowest BCUT2D eigenvalue weighted by atomic mass is 10.1. The highest BCUT2D eigenvalue weighted by Crippen LogP contribution is 2.11. The Morgan fingerprint density at radius 2 is 2.17 bits per heavy atom. The van der Waals surface area contributed by atoms with Crippen molar-refractivity contribution in [1.29, 1.82) is 0 Å². The van der Waals surface area contributed by atoms with Crippen LogP contribution in [0.25, 0.3) is 5.57 Å².